The van der Waals surface area contributed by atoms with E-state index in [-0.39, 0.29) is 0 Å². The van der Waals surface area contributed by atoms with Crippen LogP contribution in [0.2, 0.25) is 10.0 Å². The zero-order valence-corrected chi connectivity index (χ0v) is 12.8. The van der Waals surface area contributed by atoms with Crippen molar-refractivity contribution < 1.29 is 5.11 Å². The molecule has 0 aliphatic rings. The van der Waals surface area contributed by atoms with Crippen molar-refractivity contribution in [2.45, 2.75) is 12.5 Å². The van der Waals surface area contributed by atoms with Crippen LogP contribution in [-0.4, -0.2) is 5.11 Å². The Labute approximate surface area is 133 Å². The van der Waals surface area contributed by atoms with Crippen molar-refractivity contribution in [3.63, 3.8) is 0 Å². The first-order chi connectivity index (χ1) is 10.1. The predicted molar refractivity (Wildman–Crippen MR) is 89.1 cm³/mol. The Hall–Kier alpha value is -1.54. The quantitative estimate of drug-likeness (QED) is 0.683. The van der Waals surface area contributed by atoms with Crippen LogP contribution in [0.3, 0.4) is 0 Å². The highest BCUT2D eigenvalue weighted by molar-refractivity contribution is 6.35. The zero-order chi connectivity index (χ0) is 14.8. The van der Waals surface area contributed by atoms with Gasteiger partial charge in [-0.2, -0.15) is 0 Å². The van der Waals surface area contributed by atoms with Gasteiger partial charge in [-0.05, 0) is 34.0 Å². The second kappa shape index (κ2) is 6.07. The van der Waals surface area contributed by atoms with Crippen molar-refractivity contribution in [2.75, 3.05) is 0 Å². The molecule has 21 heavy (non-hydrogen) atoms. The third-order valence-electron chi connectivity index (χ3n) is 3.61. The lowest BCUT2D eigenvalue weighted by Gasteiger charge is -2.14. The minimum Gasteiger partial charge on any atom is -0.388 e. The molecule has 3 rings (SSSR count). The summed E-state index contributed by atoms with van der Waals surface area (Å²) in [7, 11) is 0. The maximum atomic E-state index is 10.5. The van der Waals surface area contributed by atoms with E-state index in [2.05, 4.69) is 18.2 Å². The minimum atomic E-state index is -0.652. The Morgan fingerprint density at radius 2 is 1.67 bits per heavy atom. The van der Waals surface area contributed by atoms with E-state index in [1.165, 1.54) is 5.39 Å². The maximum absolute atomic E-state index is 10.5. The summed E-state index contributed by atoms with van der Waals surface area (Å²) in [4.78, 5) is 0. The smallest absolute Gasteiger partial charge is 0.0844 e. The van der Waals surface area contributed by atoms with Gasteiger partial charge >= 0.3 is 0 Å². The van der Waals surface area contributed by atoms with Gasteiger partial charge in [0.05, 0.1) is 6.10 Å². The topological polar surface area (TPSA) is 20.2 Å². The lowest BCUT2D eigenvalue weighted by molar-refractivity contribution is 0.179. The summed E-state index contributed by atoms with van der Waals surface area (Å²) in [6.07, 6.45) is -0.136. The number of halogens is 2. The number of aliphatic hydroxyl groups is 1. The van der Waals surface area contributed by atoms with Crippen LogP contribution in [-0.2, 0) is 6.42 Å². The fourth-order valence-corrected chi connectivity index (χ4v) is 3.09. The molecule has 0 fully saturated rings. The Morgan fingerprint density at radius 1 is 0.905 bits per heavy atom. The number of hydrogen-bond donors (Lipinski definition) is 1. The van der Waals surface area contributed by atoms with Gasteiger partial charge in [0.15, 0.2) is 0 Å². The Bertz CT molecular complexity index is 778. The summed E-state index contributed by atoms with van der Waals surface area (Å²) in [5.74, 6) is 0. The van der Waals surface area contributed by atoms with Crippen molar-refractivity contribution in [3.05, 3.63) is 81.8 Å². The summed E-state index contributed by atoms with van der Waals surface area (Å²) in [5, 5.41) is 13.9. The molecule has 1 N–H and O–H groups in total. The molecule has 3 heteroatoms. The van der Waals surface area contributed by atoms with Gasteiger partial charge in [-0.1, -0.05) is 71.7 Å². The van der Waals surface area contributed by atoms with Gasteiger partial charge in [0.2, 0.25) is 0 Å². The highest BCUT2D eigenvalue weighted by atomic mass is 35.5. The zero-order valence-electron chi connectivity index (χ0n) is 11.3. The number of benzene rings is 3. The van der Waals surface area contributed by atoms with Crippen LogP contribution >= 0.6 is 23.2 Å². The van der Waals surface area contributed by atoms with Crippen LogP contribution in [0, 0.1) is 0 Å². The van der Waals surface area contributed by atoms with Crippen molar-refractivity contribution in [1.29, 1.82) is 0 Å². The maximum Gasteiger partial charge on any atom is 0.0844 e. The fourth-order valence-electron chi connectivity index (χ4n) is 2.56. The van der Waals surface area contributed by atoms with Crippen LogP contribution in [0.15, 0.2) is 60.7 Å². The second-order valence-corrected chi connectivity index (χ2v) is 5.87. The van der Waals surface area contributed by atoms with E-state index in [1.807, 2.05) is 24.3 Å². The van der Waals surface area contributed by atoms with Crippen LogP contribution in [0.1, 0.15) is 17.2 Å². The summed E-state index contributed by atoms with van der Waals surface area (Å²) in [6, 6.07) is 19.5. The van der Waals surface area contributed by atoms with E-state index < -0.39 is 6.10 Å². The SMILES string of the molecule is OC(Cc1cccc2ccccc12)c1ccc(Cl)cc1Cl. The lowest BCUT2D eigenvalue weighted by Crippen LogP contribution is -2.03. The molecule has 0 heterocycles. The Morgan fingerprint density at radius 3 is 2.48 bits per heavy atom. The van der Waals surface area contributed by atoms with E-state index in [4.69, 9.17) is 23.2 Å². The molecule has 1 nitrogen and oxygen atoms in total. The third kappa shape index (κ3) is 3.06. The van der Waals surface area contributed by atoms with Crippen molar-refractivity contribution >= 4 is 34.0 Å². The number of fused-ring (bicyclic) bond motifs is 1. The van der Waals surface area contributed by atoms with Gasteiger partial charge in [-0.25, -0.2) is 0 Å². The first-order valence-electron chi connectivity index (χ1n) is 6.75. The first kappa shape index (κ1) is 14.4. The van der Waals surface area contributed by atoms with E-state index in [0.29, 0.717) is 22.0 Å². The molecule has 3 aromatic carbocycles. The van der Waals surface area contributed by atoms with Gasteiger partial charge in [0, 0.05) is 16.5 Å². The van der Waals surface area contributed by atoms with E-state index in [0.717, 1.165) is 10.9 Å². The molecule has 0 amide bonds. The standard InChI is InChI=1S/C18H14Cl2O/c19-14-8-9-16(17(20)11-14)18(21)10-13-6-3-5-12-4-1-2-7-15(12)13/h1-9,11,18,21H,10H2. The van der Waals surface area contributed by atoms with Gasteiger partial charge < -0.3 is 5.11 Å². The molecular weight excluding hydrogens is 303 g/mol. The molecule has 0 saturated carbocycles. The molecule has 0 spiro atoms. The largest absolute Gasteiger partial charge is 0.388 e. The fraction of sp³-hybridized carbons (Fsp3) is 0.111. The highest BCUT2D eigenvalue weighted by Gasteiger charge is 2.14. The molecule has 0 aliphatic carbocycles. The number of hydrogen-bond acceptors (Lipinski definition) is 1. The number of rotatable bonds is 3. The van der Waals surface area contributed by atoms with Crippen molar-refractivity contribution in [2.24, 2.45) is 0 Å². The molecule has 106 valence electrons. The van der Waals surface area contributed by atoms with Gasteiger partial charge in [0.25, 0.3) is 0 Å². The molecule has 3 aromatic rings. The Kier molecular flexibility index (Phi) is 4.16. The lowest BCUT2D eigenvalue weighted by atomic mass is 9.97. The highest BCUT2D eigenvalue weighted by Crippen LogP contribution is 2.30. The van der Waals surface area contributed by atoms with E-state index >= 15 is 0 Å². The van der Waals surface area contributed by atoms with Crippen LogP contribution in [0.4, 0.5) is 0 Å². The average molecular weight is 317 g/mol. The van der Waals surface area contributed by atoms with Crippen molar-refractivity contribution in [3.8, 4) is 0 Å². The monoisotopic (exact) mass is 316 g/mol. The molecule has 0 bridgehead atoms. The van der Waals surface area contributed by atoms with Gasteiger partial charge in [-0.3, -0.25) is 0 Å². The number of aliphatic hydroxyl groups excluding tert-OH is 1. The Balaban J connectivity index is 1.94. The van der Waals surface area contributed by atoms with Crippen LogP contribution < -0.4 is 0 Å². The molecule has 0 aromatic heterocycles. The minimum absolute atomic E-state index is 0.496. The average Bonchev–Trinajstić information content (AvgIpc) is 2.47. The van der Waals surface area contributed by atoms with Gasteiger partial charge in [-0.15, -0.1) is 0 Å². The van der Waals surface area contributed by atoms with Crippen LogP contribution in [0.25, 0.3) is 10.8 Å². The van der Waals surface area contributed by atoms with Crippen LogP contribution in [0.5, 0.6) is 0 Å². The van der Waals surface area contributed by atoms with Crippen molar-refractivity contribution in [1.82, 2.24) is 0 Å². The molecule has 0 aliphatic heterocycles. The normalized spacial score (nSPS) is 12.5. The summed E-state index contributed by atoms with van der Waals surface area (Å²) in [5.41, 5.74) is 1.81. The summed E-state index contributed by atoms with van der Waals surface area (Å²) in [6.45, 7) is 0. The second-order valence-electron chi connectivity index (χ2n) is 5.02. The molecule has 1 unspecified atom stereocenters. The van der Waals surface area contributed by atoms with E-state index in [1.54, 1.807) is 18.2 Å². The molecule has 1 atom stereocenters. The van der Waals surface area contributed by atoms with Gasteiger partial charge in [0.1, 0.15) is 0 Å². The molecule has 0 radical (unpaired) electrons. The predicted octanol–water partition coefficient (Wildman–Crippen LogP) is 5.42. The summed E-state index contributed by atoms with van der Waals surface area (Å²) >= 11 is 12.1. The first-order valence-corrected chi connectivity index (χ1v) is 7.50. The summed E-state index contributed by atoms with van der Waals surface area (Å²) < 4.78 is 0. The molecule has 0 saturated heterocycles. The molecular formula is C18H14Cl2O. The van der Waals surface area contributed by atoms with E-state index in [9.17, 15) is 5.11 Å². The third-order valence-corrected chi connectivity index (χ3v) is 4.18.